The van der Waals surface area contributed by atoms with E-state index in [1.54, 1.807) is 0 Å². The van der Waals surface area contributed by atoms with Crippen molar-refractivity contribution in [3.8, 4) is 0 Å². The van der Waals surface area contributed by atoms with Gasteiger partial charge in [0.05, 0.1) is 6.61 Å². The van der Waals surface area contributed by atoms with Crippen molar-refractivity contribution < 1.29 is 4.74 Å². The van der Waals surface area contributed by atoms with Crippen molar-refractivity contribution in [2.45, 2.75) is 39.3 Å². The zero-order chi connectivity index (χ0) is 15.1. The van der Waals surface area contributed by atoms with Gasteiger partial charge >= 0.3 is 0 Å². The van der Waals surface area contributed by atoms with Crippen LogP contribution in [0.15, 0.2) is 24.5 Å². The lowest BCUT2D eigenvalue weighted by atomic mass is 9.81. The number of ether oxygens (including phenoxy) is 1. The van der Waals surface area contributed by atoms with Crippen LogP contribution < -0.4 is 5.32 Å². The number of pyridine rings is 1. The first kappa shape index (κ1) is 16.4. The van der Waals surface area contributed by atoms with E-state index in [0.717, 1.165) is 32.8 Å². The van der Waals surface area contributed by atoms with Crippen LogP contribution in [0.2, 0.25) is 0 Å². The van der Waals surface area contributed by atoms with Crippen LogP contribution in [0, 0.1) is 5.41 Å². The van der Waals surface area contributed by atoms with Gasteiger partial charge < -0.3 is 15.0 Å². The summed E-state index contributed by atoms with van der Waals surface area (Å²) in [6.45, 7) is 9.26. The maximum Gasteiger partial charge on any atom is 0.0546 e. The van der Waals surface area contributed by atoms with Gasteiger partial charge in [-0.05, 0) is 37.6 Å². The molecule has 4 heteroatoms. The van der Waals surface area contributed by atoms with Gasteiger partial charge in [0, 0.05) is 50.1 Å². The van der Waals surface area contributed by atoms with Crippen molar-refractivity contribution in [3.63, 3.8) is 0 Å². The fourth-order valence-electron chi connectivity index (χ4n) is 3.08. The normalized spacial score (nSPS) is 22.9. The molecule has 0 saturated carbocycles. The van der Waals surface area contributed by atoms with Crippen molar-refractivity contribution in [1.29, 1.82) is 0 Å². The first-order valence-corrected chi connectivity index (χ1v) is 7.98. The summed E-state index contributed by atoms with van der Waals surface area (Å²) in [6.07, 6.45) is 6.14. The van der Waals surface area contributed by atoms with Crippen LogP contribution in [-0.4, -0.2) is 49.3 Å². The molecule has 4 nitrogen and oxygen atoms in total. The maximum absolute atomic E-state index is 5.79. The lowest BCUT2D eigenvalue weighted by Crippen LogP contribution is -2.49. The maximum atomic E-state index is 5.79. The molecule has 1 unspecified atom stereocenters. The minimum absolute atomic E-state index is 0.240. The Morgan fingerprint density at radius 3 is 2.76 bits per heavy atom. The molecule has 0 bridgehead atoms. The molecule has 1 atom stereocenters. The Bertz CT molecular complexity index is 402. The molecular formula is C17H29N3O. The highest BCUT2D eigenvalue weighted by molar-refractivity contribution is 5.09. The quantitative estimate of drug-likeness (QED) is 0.836. The number of nitrogens with zero attached hydrogens (tertiary/aromatic N) is 2. The molecule has 0 amide bonds. The predicted molar refractivity (Wildman–Crippen MR) is 86.2 cm³/mol. The zero-order valence-electron chi connectivity index (χ0n) is 13.6. The molecule has 1 aromatic rings. The van der Waals surface area contributed by atoms with E-state index in [1.165, 1.54) is 18.4 Å². The first-order valence-electron chi connectivity index (χ1n) is 7.98. The number of hydrogen-bond acceptors (Lipinski definition) is 4. The molecule has 1 aliphatic rings. The van der Waals surface area contributed by atoms with E-state index in [-0.39, 0.29) is 5.41 Å². The van der Waals surface area contributed by atoms with Crippen molar-refractivity contribution in [3.05, 3.63) is 30.1 Å². The standard InChI is InChI=1S/C17H29N3O/c1-15(2)19-12-17(7-4-10-21-14-17)13-20(3)11-16-5-8-18-9-6-16/h5-6,8-9,15,19H,4,7,10-14H2,1-3H3. The minimum Gasteiger partial charge on any atom is -0.381 e. The summed E-state index contributed by atoms with van der Waals surface area (Å²) in [5.41, 5.74) is 1.56. The van der Waals surface area contributed by atoms with Crippen molar-refractivity contribution >= 4 is 0 Å². The molecule has 2 rings (SSSR count). The van der Waals surface area contributed by atoms with Crippen LogP contribution in [0.25, 0.3) is 0 Å². The highest BCUT2D eigenvalue weighted by Gasteiger charge is 2.34. The molecule has 0 aromatic carbocycles. The number of aromatic nitrogens is 1. The van der Waals surface area contributed by atoms with Gasteiger partial charge in [0.1, 0.15) is 0 Å². The third-order valence-electron chi connectivity index (χ3n) is 4.10. The molecule has 1 N–H and O–H groups in total. The van der Waals surface area contributed by atoms with Crippen LogP contribution in [0.1, 0.15) is 32.3 Å². The number of nitrogens with one attached hydrogen (secondary N) is 1. The Kier molecular flexibility index (Phi) is 6.15. The summed E-state index contributed by atoms with van der Waals surface area (Å²) in [7, 11) is 2.20. The lowest BCUT2D eigenvalue weighted by molar-refractivity contribution is -0.0245. The smallest absolute Gasteiger partial charge is 0.0546 e. The van der Waals surface area contributed by atoms with Crippen LogP contribution in [0.4, 0.5) is 0 Å². The van der Waals surface area contributed by atoms with E-state index in [0.29, 0.717) is 6.04 Å². The van der Waals surface area contributed by atoms with E-state index in [2.05, 4.69) is 48.2 Å². The molecule has 1 saturated heterocycles. The summed E-state index contributed by atoms with van der Waals surface area (Å²) in [4.78, 5) is 6.49. The summed E-state index contributed by atoms with van der Waals surface area (Å²) >= 11 is 0. The molecule has 1 aliphatic heterocycles. The fourth-order valence-corrected chi connectivity index (χ4v) is 3.08. The number of hydrogen-bond donors (Lipinski definition) is 1. The van der Waals surface area contributed by atoms with E-state index in [4.69, 9.17) is 4.74 Å². The van der Waals surface area contributed by atoms with E-state index in [9.17, 15) is 0 Å². The van der Waals surface area contributed by atoms with Crippen LogP contribution in [-0.2, 0) is 11.3 Å². The monoisotopic (exact) mass is 291 g/mol. The summed E-state index contributed by atoms with van der Waals surface area (Å²) in [6, 6.07) is 4.70. The summed E-state index contributed by atoms with van der Waals surface area (Å²) < 4.78 is 5.79. The largest absolute Gasteiger partial charge is 0.381 e. The van der Waals surface area contributed by atoms with Gasteiger partial charge in [-0.25, -0.2) is 0 Å². The zero-order valence-corrected chi connectivity index (χ0v) is 13.6. The number of rotatable bonds is 7. The average Bonchev–Trinajstić information content (AvgIpc) is 2.47. The van der Waals surface area contributed by atoms with Gasteiger partial charge in [-0.1, -0.05) is 13.8 Å². The fraction of sp³-hybridized carbons (Fsp3) is 0.706. The average molecular weight is 291 g/mol. The van der Waals surface area contributed by atoms with Gasteiger partial charge in [0.15, 0.2) is 0 Å². The van der Waals surface area contributed by atoms with Gasteiger partial charge in [0.25, 0.3) is 0 Å². The van der Waals surface area contributed by atoms with Crippen LogP contribution >= 0.6 is 0 Å². The Labute approximate surface area is 128 Å². The molecule has 1 fully saturated rings. The second kappa shape index (κ2) is 7.87. The Hall–Kier alpha value is -0.970. The van der Waals surface area contributed by atoms with Crippen LogP contribution in [0.3, 0.4) is 0 Å². The second-order valence-electron chi connectivity index (χ2n) is 6.72. The molecule has 0 spiro atoms. The topological polar surface area (TPSA) is 37.4 Å². The SMILES string of the molecule is CC(C)NCC1(CN(C)Cc2ccncc2)CCCOC1. The minimum atomic E-state index is 0.240. The third-order valence-corrected chi connectivity index (χ3v) is 4.10. The van der Waals surface area contributed by atoms with E-state index >= 15 is 0 Å². The van der Waals surface area contributed by atoms with Gasteiger partial charge in [-0.3, -0.25) is 4.98 Å². The van der Waals surface area contributed by atoms with Gasteiger partial charge in [-0.2, -0.15) is 0 Å². The molecule has 1 aromatic heterocycles. The molecule has 118 valence electrons. The third kappa shape index (κ3) is 5.38. The Balaban J connectivity index is 1.93. The van der Waals surface area contributed by atoms with Gasteiger partial charge in [0.2, 0.25) is 0 Å². The predicted octanol–water partition coefficient (Wildman–Crippen LogP) is 2.31. The van der Waals surface area contributed by atoms with Crippen molar-refractivity contribution in [2.75, 3.05) is 33.4 Å². The molecule has 0 radical (unpaired) electrons. The van der Waals surface area contributed by atoms with Crippen molar-refractivity contribution in [1.82, 2.24) is 15.2 Å². The highest BCUT2D eigenvalue weighted by Crippen LogP contribution is 2.29. The van der Waals surface area contributed by atoms with Crippen molar-refractivity contribution in [2.24, 2.45) is 5.41 Å². The summed E-state index contributed by atoms with van der Waals surface area (Å²) in [5, 5.41) is 3.61. The first-order chi connectivity index (χ1) is 10.1. The Morgan fingerprint density at radius 1 is 1.38 bits per heavy atom. The molecular weight excluding hydrogens is 262 g/mol. The summed E-state index contributed by atoms with van der Waals surface area (Å²) in [5.74, 6) is 0. The van der Waals surface area contributed by atoms with E-state index in [1.807, 2.05) is 12.4 Å². The highest BCUT2D eigenvalue weighted by atomic mass is 16.5. The molecule has 21 heavy (non-hydrogen) atoms. The van der Waals surface area contributed by atoms with E-state index < -0.39 is 0 Å². The lowest BCUT2D eigenvalue weighted by Gasteiger charge is -2.40. The van der Waals surface area contributed by atoms with Crippen LogP contribution in [0.5, 0.6) is 0 Å². The Morgan fingerprint density at radius 2 is 2.14 bits per heavy atom. The van der Waals surface area contributed by atoms with Gasteiger partial charge in [-0.15, -0.1) is 0 Å². The second-order valence-corrected chi connectivity index (χ2v) is 6.72. The molecule has 0 aliphatic carbocycles. The molecule has 2 heterocycles.